The van der Waals surface area contributed by atoms with E-state index in [-0.39, 0.29) is 28.4 Å². The molecule has 2 nitrogen and oxygen atoms in total. The van der Waals surface area contributed by atoms with Crippen LogP contribution in [0.25, 0.3) is 11.1 Å². The molecule has 300 valence electrons. The highest BCUT2D eigenvalue weighted by Gasteiger charge is 2.48. The lowest BCUT2D eigenvalue weighted by molar-refractivity contribution is 0.552. The summed E-state index contributed by atoms with van der Waals surface area (Å²) >= 11 is 0. The van der Waals surface area contributed by atoms with Crippen LogP contribution in [0.4, 0.5) is 34.1 Å². The first-order chi connectivity index (χ1) is 28.4. The van der Waals surface area contributed by atoms with Crippen molar-refractivity contribution in [3.63, 3.8) is 0 Å². The predicted octanol–water partition coefficient (Wildman–Crippen LogP) is 13.7. The lowest BCUT2D eigenvalue weighted by Gasteiger charge is -2.48. The Balaban J connectivity index is 1.23. The molecule has 0 radical (unpaired) electrons. The lowest BCUT2D eigenvalue weighted by atomic mass is 9.29. The van der Waals surface area contributed by atoms with E-state index >= 15 is 0 Å². The average molecular weight is 783 g/mol. The molecule has 0 bridgehead atoms. The minimum Gasteiger partial charge on any atom is -0.312 e. The van der Waals surface area contributed by atoms with E-state index in [1.54, 1.807) is 0 Å². The number of hydrogen-bond acceptors (Lipinski definition) is 2. The van der Waals surface area contributed by atoms with Crippen molar-refractivity contribution in [2.24, 2.45) is 0 Å². The van der Waals surface area contributed by atoms with Crippen LogP contribution in [-0.4, -0.2) is 6.71 Å². The molecule has 0 amide bonds. The molecule has 2 heterocycles. The maximum Gasteiger partial charge on any atom is 0.247 e. The van der Waals surface area contributed by atoms with Crippen molar-refractivity contribution < 1.29 is 0 Å². The van der Waals surface area contributed by atoms with Crippen LogP contribution in [0.15, 0.2) is 158 Å². The van der Waals surface area contributed by atoms with Gasteiger partial charge in [0.05, 0.1) is 0 Å². The Morgan fingerprint density at radius 3 is 1.57 bits per heavy atom. The van der Waals surface area contributed by atoms with Crippen molar-refractivity contribution in [1.29, 1.82) is 0 Å². The van der Waals surface area contributed by atoms with Gasteiger partial charge in [-0.3, -0.25) is 0 Å². The molecule has 3 heteroatoms. The first kappa shape index (κ1) is 39.7. The normalized spacial score (nSPS) is 14.3. The van der Waals surface area contributed by atoms with Gasteiger partial charge >= 0.3 is 0 Å². The van der Waals surface area contributed by atoms with Crippen LogP contribution >= 0.6 is 0 Å². The van der Waals surface area contributed by atoms with Crippen molar-refractivity contribution in [3.8, 4) is 11.1 Å². The molecule has 0 fully saturated rings. The molecule has 9 rings (SSSR count). The van der Waals surface area contributed by atoms with Crippen molar-refractivity contribution in [2.75, 3.05) is 9.80 Å². The third kappa shape index (κ3) is 6.67. The summed E-state index contributed by atoms with van der Waals surface area (Å²) in [7, 11) is 0. The molecule has 0 N–H and O–H groups in total. The Bertz CT molecular complexity index is 2670. The van der Waals surface area contributed by atoms with Crippen LogP contribution in [0.3, 0.4) is 0 Å². The van der Waals surface area contributed by atoms with Gasteiger partial charge in [0.2, 0.25) is 6.71 Å². The third-order valence-electron chi connectivity index (χ3n) is 13.1. The van der Waals surface area contributed by atoms with Gasteiger partial charge in [-0.15, -0.1) is 0 Å². The second kappa shape index (κ2) is 14.2. The number of rotatable bonds is 5. The summed E-state index contributed by atoms with van der Waals surface area (Å²) in [4.78, 5) is 4.89. The van der Waals surface area contributed by atoms with Gasteiger partial charge in [0.1, 0.15) is 0 Å². The average Bonchev–Trinajstić information content (AvgIpc) is 3.22. The Kier molecular flexibility index (Phi) is 9.36. The maximum atomic E-state index is 2.56. The summed E-state index contributed by atoms with van der Waals surface area (Å²) in [6, 6.07) is 59.3. The largest absolute Gasteiger partial charge is 0.312 e. The molecule has 0 aromatic heterocycles. The van der Waals surface area contributed by atoms with Crippen LogP contribution in [0.5, 0.6) is 0 Å². The fourth-order valence-electron chi connectivity index (χ4n) is 9.91. The molecule has 7 aromatic rings. The van der Waals surface area contributed by atoms with E-state index in [9.17, 15) is 0 Å². The molecule has 0 spiro atoms. The molecule has 0 aliphatic carbocycles. The van der Waals surface area contributed by atoms with E-state index in [1.165, 1.54) is 72.4 Å². The second-order valence-electron chi connectivity index (χ2n) is 20.7. The van der Waals surface area contributed by atoms with Crippen molar-refractivity contribution in [2.45, 2.75) is 97.8 Å². The van der Waals surface area contributed by atoms with Gasteiger partial charge in [0.25, 0.3) is 0 Å². The molecular formula is C57H59BN2. The summed E-state index contributed by atoms with van der Waals surface area (Å²) in [5, 5.41) is 0. The number of fused-ring (bicyclic) bond motifs is 4. The highest BCUT2D eigenvalue weighted by molar-refractivity contribution is 6.99. The summed E-state index contributed by atoms with van der Waals surface area (Å²) in [5.41, 5.74) is 20.7. The van der Waals surface area contributed by atoms with E-state index in [4.69, 9.17) is 0 Å². The van der Waals surface area contributed by atoms with Gasteiger partial charge in [-0.25, -0.2) is 0 Å². The smallest absolute Gasteiger partial charge is 0.247 e. The van der Waals surface area contributed by atoms with Gasteiger partial charge < -0.3 is 9.80 Å². The number of para-hydroxylation sites is 2. The minimum atomic E-state index is -0.256. The first-order valence-electron chi connectivity index (χ1n) is 21.8. The van der Waals surface area contributed by atoms with Crippen LogP contribution in [0.1, 0.15) is 104 Å². The zero-order valence-corrected chi connectivity index (χ0v) is 37.5. The van der Waals surface area contributed by atoms with E-state index in [2.05, 4.69) is 244 Å². The fourth-order valence-corrected chi connectivity index (χ4v) is 9.91. The Hall–Kier alpha value is -5.80. The first-order valence-corrected chi connectivity index (χ1v) is 21.8. The molecule has 0 saturated heterocycles. The molecule has 2 aliphatic heterocycles. The number of anilines is 6. The maximum absolute atomic E-state index is 2.56. The summed E-state index contributed by atoms with van der Waals surface area (Å²) in [6.07, 6.45) is 0. The van der Waals surface area contributed by atoms with Gasteiger partial charge in [-0.1, -0.05) is 179 Å². The Labute approximate surface area is 360 Å². The van der Waals surface area contributed by atoms with Crippen molar-refractivity contribution in [3.05, 3.63) is 186 Å². The topological polar surface area (TPSA) is 6.48 Å². The summed E-state index contributed by atoms with van der Waals surface area (Å²) in [5.74, 6) is 0. The molecule has 0 atom stereocenters. The Morgan fingerprint density at radius 1 is 0.467 bits per heavy atom. The number of benzene rings is 7. The fraction of sp³-hybridized carbons (Fsp3) is 0.263. The van der Waals surface area contributed by atoms with Crippen molar-refractivity contribution in [1.82, 2.24) is 0 Å². The van der Waals surface area contributed by atoms with Crippen LogP contribution < -0.4 is 26.2 Å². The highest BCUT2D eigenvalue weighted by Crippen LogP contribution is 2.47. The second-order valence-corrected chi connectivity index (χ2v) is 20.7. The highest BCUT2D eigenvalue weighted by atomic mass is 15.2. The van der Waals surface area contributed by atoms with Gasteiger partial charge in [0, 0.05) is 39.5 Å². The SMILES string of the molecule is CC(C)(C)c1ccc(N2c3ccc(C(C)(C)C)cc3B3c4ccc(-c5ccc(N(c6ccccc6)c6ccccc6)cc5)cc4C(C)(C)c4c(C(C)(C)C)ccc2c43)cc1. The van der Waals surface area contributed by atoms with Crippen molar-refractivity contribution >= 4 is 57.2 Å². The van der Waals surface area contributed by atoms with E-state index in [1.807, 2.05) is 0 Å². The molecule has 60 heavy (non-hydrogen) atoms. The Morgan fingerprint density at radius 2 is 1.00 bits per heavy atom. The molecule has 7 aromatic carbocycles. The van der Waals surface area contributed by atoms with Crippen LogP contribution in [-0.2, 0) is 21.7 Å². The van der Waals surface area contributed by atoms with Crippen LogP contribution in [0, 0.1) is 0 Å². The van der Waals surface area contributed by atoms with Crippen LogP contribution in [0.2, 0.25) is 0 Å². The lowest BCUT2D eigenvalue weighted by Crippen LogP contribution is -2.64. The van der Waals surface area contributed by atoms with E-state index < -0.39 is 0 Å². The molecule has 0 unspecified atom stereocenters. The molecular weight excluding hydrogens is 723 g/mol. The predicted molar refractivity (Wildman–Crippen MR) is 261 cm³/mol. The monoisotopic (exact) mass is 782 g/mol. The minimum absolute atomic E-state index is 0.00791. The molecule has 2 aliphatic rings. The van der Waals surface area contributed by atoms with Gasteiger partial charge in [-0.05, 0) is 127 Å². The zero-order chi connectivity index (χ0) is 42.4. The number of hydrogen-bond donors (Lipinski definition) is 0. The molecule has 0 saturated carbocycles. The van der Waals surface area contributed by atoms with E-state index in [0.29, 0.717) is 0 Å². The van der Waals surface area contributed by atoms with Gasteiger partial charge in [-0.2, -0.15) is 0 Å². The summed E-state index contributed by atoms with van der Waals surface area (Å²) in [6.45, 7) is 26.1. The van der Waals surface area contributed by atoms with E-state index in [0.717, 1.165) is 17.1 Å². The zero-order valence-electron chi connectivity index (χ0n) is 37.5. The number of nitrogens with zero attached hydrogens (tertiary/aromatic N) is 2. The summed E-state index contributed by atoms with van der Waals surface area (Å²) < 4.78 is 0. The quantitative estimate of drug-likeness (QED) is 0.160. The van der Waals surface area contributed by atoms with Gasteiger partial charge in [0.15, 0.2) is 0 Å². The third-order valence-corrected chi connectivity index (χ3v) is 13.1. The standard InChI is InChI=1S/C57H59BN2/c1-54(2,3)40-25-30-45(31-26-40)60-50-34-27-41(55(4,5)6)37-49(50)58-48-33-24-39(36-47(48)57(10,11)52-46(56(7,8)9)32-35-51(60)53(52)58)38-22-28-44(29-23-38)59(42-18-14-12-15-19-42)43-20-16-13-17-21-43/h12-37H,1-11H3.